The second kappa shape index (κ2) is 16.9. The first-order valence-electron chi connectivity index (χ1n) is 7.20. The van der Waals surface area contributed by atoms with E-state index in [2.05, 4.69) is 13.8 Å². The number of hydrogen-bond acceptors (Lipinski definition) is 4. The number of rotatable bonds is 10. The lowest BCUT2D eigenvalue weighted by atomic mass is 10.1. The van der Waals surface area contributed by atoms with Gasteiger partial charge in [-0.2, -0.15) is 0 Å². The molecule has 0 bridgehead atoms. The Morgan fingerprint density at radius 3 is 1.14 bits per heavy atom. The van der Waals surface area contributed by atoms with Gasteiger partial charge in [0.1, 0.15) is 0 Å². The van der Waals surface area contributed by atoms with Crippen molar-refractivity contribution in [2.45, 2.75) is 77.4 Å². The van der Waals surface area contributed by atoms with E-state index in [1.54, 1.807) is 0 Å². The molecule has 7 nitrogen and oxygen atoms in total. The lowest BCUT2D eigenvalue weighted by molar-refractivity contribution is -0.165. The van der Waals surface area contributed by atoms with Gasteiger partial charge in [-0.1, -0.05) is 65.2 Å². The first-order valence-corrected chi connectivity index (χ1v) is 7.20. The molecule has 0 fully saturated rings. The van der Waals surface area contributed by atoms with E-state index in [1.807, 2.05) is 0 Å². The highest BCUT2D eigenvalue weighted by atomic mass is 16.4. The summed E-state index contributed by atoms with van der Waals surface area (Å²) in [5, 5.41) is 32.5. The van der Waals surface area contributed by atoms with Gasteiger partial charge in [0.15, 0.2) is 12.2 Å². The van der Waals surface area contributed by atoms with Crippen LogP contribution in [0, 0.1) is 0 Å². The molecule has 0 radical (unpaired) electrons. The lowest BCUT2D eigenvalue weighted by Crippen LogP contribution is -2.39. The Morgan fingerprint density at radius 1 is 0.714 bits per heavy atom. The summed E-state index contributed by atoms with van der Waals surface area (Å²) in [5.74, 6) is -3.54. The van der Waals surface area contributed by atoms with Crippen molar-refractivity contribution >= 4 is 11.9 Å². The van der Waals surface area contributed by atoms with E-state index in [0.29, 0.717) is 0 Å². The van der Waals surface area contributed by atoms with Crippen LogP contribution in [-0.2, 0) is 9.59 Å². The molecule has 0 spiro atoms. The fourth-order valence-electron chi connectivity index (χ4n) is 1.48. The first-order chi connectivity index (χ1) is 9.38. The van der Waals surface area contributed by atoms with E-state index in [4.69, 9.17) is 20.4 Å². The third-order valence-electron chi connectivity index (χ3n) is 2.76. The average molecular weight is 310 g/mol. The zero-order valence-corrected chi connectivity index (χ0v) is 12.9. The second-order valence-corrected chi connectivity index (χ2v) is 4.69. The minimum atomic E-state index is -2.27. The third kappa shape index (κ3) is 16.8. The van der Waals surface area contributed by atoms with Gasteiger partial charge in [-0.05, 0) is 0 Å². The summed E-state index contributed by atoms with van der Waals surface area (Å²) in [5.41, 5.74) is 0. The van der Waals surface area contributed by atoms with E-state index >= 15 is 0 Å². The molecule has 0 aliphatic heterocycles. The van der Waals surface area contributed by atoms with Crippen LogP contribution in [0.2, 0.25) is 0 Å². The molecule has 128 valence electrons. The summed E-state index contributed by atoms with van der Waals surface area (Å²) < 4.78 is 0. The van der Waals surface area contributed by atoms with Crippen LogP contribution < -0.4 is 0 Å². The van der Waals surface area contributed by atoms with E-state index in [9.17, 15) is 9.59 Å². The standard InChI is InChI=1S/C10H22.C4H6O6.H2O/c1-3-5-7-9-10-8-6-4-2;5-1(3(7)8)2(6)4(9)10;/h3-10H2,1-2H3;1-2,5-6H,(H,7,8)(H,9,10);1H2/t;1-,2-;/m.1./s1. The van der Waals surface area contributed by atoms with Crippen LogP contribution in [0.3, 0.4) is 0 Å². The van der Waals surface area contributed by atoms with Crippen LogP contribution >= 0.6 is 0 Å². The van der Waals surface area contributed by atoms with Crippen molar-refractivity contribution in [2.24, 2.45) is 0 Å². The number of aliphatic hydroxyl groups is 2. The van der Waals surface area contributed by atoms with Crippen molar-refractivity contribution < 1.29 is 35.5 Å². The van der Waals surface area contributed by atoms with Crippen molar-refractivity contribution in [3.05, 3.63) is 0 Å². The van der Waals surface area contributed by atoms with Crippen LogP contribution in [0.4, 0.5) is 0 Å². The molecule has 0 rings (SSSR count). The number of carbonyl (C=O) groups is 2. The van der Waals surface area contributed by atoms with Crippen LogP contribution in [0.25, 0.3) is 0 Å². The highest BCUT2D eigenvalue weighted by Gasteiger charge is 2.29. The van der Waals surface area contributed by atoms with Gasteiger partial charge in [-0.25, -0.2) is 9.59 Å². The molecular weight excluding hydrogens is 280 g/mol. The summed E-state index contributed by atoms with van der Waals surface area (Å²) in [6, 6.07) is 0. The maximum absolute atomic E-state index is 9.77. The third-order valence-corrected chi connectivity index (χ3v) is 2.76. The molecule has 7 heteroatoms. The zero-order valence-electron chi connectivity index (χ0n) is 12.9. The van der Waals surface area contributed by atoms with Gasteiger partial charge in [0.2, 0.25) is 0 Å². The quantitative estimate of drug-likeness (QED) is 0.446. The topological polar surface area (TPSA) is 147 Å². The molecule has 0 aromatic heterocycles. The molecule has 0 aliphatic carbocycles. The van der Waals surface area contributed by atoms with Gasteiger partial charge in [-0.3, -0.25) is 0 Å². The Kier molecular flexibility index (Phi) is 19.9. The predicted octanol–water partition coefficient (Wildman–Crippen LogP) is 1.20. The maximum atomic E-state index is 9.77. The Balaban J connectivity index is -0.000000295. The van der Waals surface area contributed by atoms with Gasteiger partial charge >= 0.3 is 11.9 Å². The highest BCUT2D eigenvalue weighted by molar-refractivity contribution is 5.83. The summed E-state index contributed by atoms with van der Waals surface area (Å²) in [6.07, 6.45) is 6.93. The van der Waals surface area contributed by atoms with E-state index < -0.39 is 24.1 Å². The summed E-state index contributed by atoms with van der Waals surface area (Å²) in [4.78, 5) is 19.5. The molecule has 2 atom stereocenters. The van der Waals surface area contributed by atoms with Crippen molar-refractivity contribution in [3.63, 3.8) is 0 Å². The maximum Gasteiger partial charge on any atom is 0.335 e. The van der Waals surface area contributed by atoms with Gasteiger partial charge in [0, 0.05) is 0 Å². The Hall–Kier alpha value is -1.18. The summed E-state index contributed by atoms with van der Waals surface area (Å²) >= 11 is 0. The fraction of sp³-hybridized carbons (Fsp3) is 0.857. The molecule has 21 heavy (non-hydrogen) atoms. The van der Waals surface area contributed by atoms with Crippen molar-refractivity contribution in [2.75, 3.05) is 0 Å². The Morgan fingerprint density at radius 2 is 0.952 bits per heavy atom. The van der Waals surface area contributed by atoms with Crippen LogP contribution in [0.1, 0.15) is 65.2 Å². The number of hydrogen-bond donors (Lipinski definition) is 4. The monoisotopic (exact) mass is 310 g/mol. The average Bonchev–Trinajstić information content (AvgIpc) is 2.41. The molecule has 0 unspecified atom stereocenters. The number of aliphatic carboxylic acids is 2. The molecule has 6 N–H and O–H groups in total. The van der Waals surface area contributed by atoms with Crippen LogP contribution in [0.5, 0.6) is 0 Å². The van der Waals surface area contributed by atoms with Gasteiger partial charge in [-0.15, -0.1) is 0 Å². The molecule has 0 heterocycles. The zero-order chi connectivity index (χ0) is 16.0. The van der Waals surface area contributed by atoms with Crippen LogP contribution in [0.15, 0.2) is 0 Å². The van der Waals surface area contributed by atoms with E-state index in [0.717, 1.165) is 0 Å². The van der Waals surface area contributed by atoms with Gasteiger partial charge < -0.3 is 25.9 Å². The molecule has 0 saturated carbocycles. The Labute approximate surface area is 125 Å². The Bertz CT molecular complexity index is 230. The predicted molar refractivity (Wildman–Crippen MR) is 79.2 cm³/mol. The van der Waals surface area contributed by atoms with Crippen molar-refractivity contribution in [1.82, 2.24) is 0 Å². The SMILES string of the molecule is CCCCCCCCCC.O.O=C(O)[C@H](O)[C@@H](O)C(=O)O. The molecule has 0 saturated heterocycles. The van der Waals surface area contributed by atoms with E-state index in [1.165, 1.54) is 51.4 Å². The molecule has 0 aliphatic rings. The number of carboxylic acid groups (broad SMARTS) is 2. The summed E-state index contributed by atoms with van der Waals surface area (Å²) in [7, 11) is 0. The molecular formula is C14H30O7. The van der Waals surface area contributed by atoms with Gasteiger partial charge in [0.05, 0.1) is 0 Å². The number of carboxylic acids is 2. The van der Waals surface area contributed by atoms with Gasteiger partial charge in [0.25, 0.3) is 0 Å². The van der Waals surface area contributed by atoms with Crippen molar-refractivity contribution in [1.29, 1.82) is 0 Å². The minimum absolute atomic E-state index is 0. The van der Waals surface area contributed by atoms with E-state index in [-0.39, 0.29) is 5.48 Å². The minimum Gasteiger partial charge on any atom is -0.479 e. The van der Waals surface area contributed by atoms with Crippen molar-refractivity contribution in [3.8, 4) is 0 Å². The number of unbranched alkanes of at least 4 members (excludes halogenated alkanes) is 7. The number of aliphatic hydroxyl groups excluding tert-OH is 2. The highest BCUT2D eigenvalue weighted by Crippen LogP contribution is 2.07. The summed E-state index contributed by atoms with van der Waals surface area (Å²) in [6.45, 7) is 4.54. The molecule has 0 aromatic carbocycles. The normalized spacial score (nSPS) is 12.4. The second-order valence-electron chi connectivity index (χ2n) is 4.69. The molecule has 0 amide bonds. The molecule has 0 aromatic rings. The van der Waals surface area contributed by atoms with Crippen LogP contribution in [-0.4, -0.2) is 50.0 Å². The first kappa shape index (κ1) is 24.8. The lowest BCUT2D eigenvalue weighted by Gasteiger charge is -2.07. The largest absolute Gasteiger partial charge is 0.479 e. The smallest absolute Gasteiger partial charge is 0.335 e. The fourth-order valence-corrected chi connectivity index (χ4v) is 1.48.